The van der Waals surface area contributed by atoms with Crippen molar-refractivity contribution in [3.05, 3.63) is 48.3 Å². The van der Waals surface area contributed by atoms with E-state index in [1.165, 1.54) is 5.69 Å². The van der Waals surface area contributed by atoms with Crippen LogP contribution in [0.4, 0.5) is 0 Å². The van der Waals surface area contributed by atoms with Crippen molar-refractivity contribution >= 4 is 29.9 Å². The summed E-state index contributed by atoms with van der Waals surface area (Å²) in [7, 11) is 7.51. The molecule has 0 radical (unpaired) electrons. The van der Waals surface area contributed by atoms with Crippen molar-refractivity contribution in [2.24, 2.45) is 12.0 Å². The number of nitrogens with zero attached hydrogens (tertiary/aromatic N) is 3. The number of ether oxygens (including phenoxy) is 2. The molecule has 1 atom stereocenters. The van der Waals surface area contributed by atoms with Gasteiger partial charge >= 0.3 is 0 Å². The zero-order chi connectivity index (χ0) is 18.2. The van der Waals surface area contributed by atoms with Crippen LogP contribution in [0.15, 0.2) is 47.6 Å². The highest BCUT2D eigenvalue weighted by Gasteiger charge is 2.11. The molecule has 0 aliphatic heterocycles. The molecular formula is C19H29IN4O2. The van der Waals surface area contributed by atoms with Crippen LogP contribution in [0.1, 0.15) is 12.6 Å². The second-order valence-electron chi connectivity index (χ2n) is 6.00. The van der Waals surface area contributed by atoms with Gasteiger partial charge in [-0.15, -0.1) is 24.0 Å². The quantitative estimate of drug-likeness (QED) is 0.382. The fraction of sp³-hybridized carbons (Fsp3) is 0.421. The average Bonchev–Trinajstić information content (AvgIpc) is 3.01. The molecule has 1 heterocycles. The summed E-state index contributed by atoms with van der Waals surface area (Å²) in [6.07, 6.45) is 2.05. The van der Waals surface area contributed by atoms with E-state index in [0.717, 1.165) is 24.0 Å². The van der Waals surface area contributed by atoms with E-state index < -0.39 is 0 Å². The van der Waals surface area contributed by atoms with E-state index in [1.807, 2.05) is 57.5 Å². The Morgan fingerprint density at radius 3 is 2.42 bits per heavy atom. The largest absolute Gasteiger partial charge is 0.497 e. The molecule has 6 nitrogen and oxygen atoms in total. The van der Waals surface area contributed by atoms with Gasteiger partial charge in [-0.05, 0) is 43.3 Å². The fourth-order valence-electron chi connectivity index (χ4n) is 2.53. The molecule has 0 aliphatic carbocycles. The Morgan fingerprint density at radius 1 is 1.23 bits per heavy atom. The summed E-state index contributed by atoms with van der Waals surface area (Å²) in [6, 6.07) is 11.8. The van der Waals surface area contributed by atoms with Gasteiger partial charge < -0.3 is 24.3 Å². The van der Waals surface area contributed by atoms with Crippen LogP contribution in [-0.4, -0.2) is 49.3 Å². The number of aliphatic imine (C=N–C) groups is 1. The van der Waals surface area contributed by atoms with Gasteiger partial charge in [0.05, 0.1) is 20.2 Å². The van der Waals surface area contributed by atoms with Gasteiger partial charge in [-0.1, -0.05) is 0 Å². The fourth-order valence-corrected chi connectivity index (χ4v) is 2.53. The highest BCUT2D eigenvalue weighted by molar-refractivity contribution is 14.0. The van der Waals surface area contributed by atoms with Crippen LogP contribution in [0, 0.1) is 0 Å². The second-order valence-corrected chi connectivity index (χ2v) is 6.00. The third-order valence-corrected chi connectivity index (χ3v) is 3.97. The number of methoxy groups -OCH3 is 1. The number of hydrogen-bond donors (Lipinski definition) is 1. The lowest BCUT2D eigenvalue weighted by Gasteiger charge is -2.24. The lowest BCUT2D eigenvalue weighted by Crippen LogP contribution is -2.42. The summed E-state index contributed by atoms with van der Waals surface area (Å²) in [4.78, 5) is 6.44. The maximum Gasteiger partial charge on any atom is 0.193 e. The first-order valence-electron chi connectivity index (χ1n) is 8.36. The van der Waals surface area contributed by atoms with Crippen LogP contribution < -0.4 is 14.8 Å². The molecule has 26 heavy (non-hydrogen) atoms. The first kappa shape index (κ1) is 22.1. The van der Waals surface area contributed by atoms with Crippen molar-refractivity contribution in [3.63, 3.8) is 0 Å². The number of benzene rings is 1. The van der Waals surface area contributed by atoms with Gasteiger partial charge in [0.15, 0.2) is 5.96 Å². The van der Waals surface area contributed by atoms with Crippen molar-refractivity contribution in [2.45, 2.75) is 19.6 Å². The van der Waals surface area contributed by atoms with E-state index in [-0.39, 0.29) is 30.1 Å². The summed E-state index contributed by atoms with van der Waals surface area (Å²) in [5.74, 6) is 2.48. The number of rotatable bonds is 7. The van der Waals surface area contributed by atoms with Gasteiger partial charge in [0.2, 0.25) is 0 Å². The lowest BCUT2D eigenvalue weighted by molar-refractivity contribution is 0.222. The molecule has 2 rings (SSSR count). The minimum absolute atomic E-state index is 0. The smallest absolute Gasteiger partial charge is 0.193 e. The molecule has 144 valence electrons. The predicted octanol–water partition coefficient (Wildman–Crippen LogP) is 3.13. The molecule has 0 spiro atoms. The number of aromatic nitrogens is 1. The average molecular weight is 472 g/mol. The Morgan fingerprint density at radius 2 is 1.88 bits per heavy atom. The topological polar surface area (TPSA) is 51.0 Å². The molecule has 1 N–H and O–H groups in total. The highest BCUT2D eigenvalue weighted by atomic mass is 127. The third kappa shape index (κ3) is 6.44. The van der Waals surface area contributed by atoms with Crippen LogP contribution >= 0.6 is 24.0 Å². The maximum absolute atomic E-state index is 5.92. The molecule has 0 aliphatic rings. The molecule has 1 aromatic heterocycles. The number of hydrogen-bond acceptors (Lipinski definition) is 3. The summed E-state index contributed by atoms with van der Waals surface area (Å²) in [5, 5.41) is 3.36. The predicted molar refractivity (Wildman–Crippen MR) is 117 cm³/mol. The van der Waals surface area contributed by atoms with E-state index >= 15 is 0 Å². The molecule has 7 heteroatoms. The summed E-state index contributed by atoms with van der Waals surface area (Å²) < 4.78 is 13.2. The van der Waals surface area contributed by atoms with E-state index in [9.17, 15) is 0 Å². The lowest BCUT2D eigenvalue weighted by atomic mass is 10.3. The first-order chi connectivity index (χ1) is 12.0. The molecule has 0 fully saturated rings. The van der Waals surface area contributed by atoms with E-state index in [4.69, 9.17) is 9.47 Å². The Hall–Kier alpha value is -1.90. The molecule has 0 saturated carbocycles. The zero-order valence-electron chi connectivity index (χ0n) is 16.1. The van der Waals surface area contributed by atoms with Crippen molar-refractivity contribution in [2.75, 3.05) is 27.7 Å². The van der Waals surface area contributed by atoms with Crippen LogP contribution in [0.25, 0.3) is 0 Å². The highest BCUT2D eigenvalue weighted by Crippen LogP contribution is 2.18. The Kier molecular flexibility index (Phi) is 9.32. The van der Waals surface area contributed by atoms with Gasteiger partial charge in [-0.3, -0.25) is 4.99 Å². The standard InChI is InChI=1S/C19H28N4O2.HI/c1-15(25-18-10-8-17(24-5)9-11-18)13-21-19(20-2)23(4)14-16-7-6-12-22(16)3;/h6-12,15H,13-14H2,1-5H3,(H,20,21);1H. The van der Waals surface area contributed by atoms with E-state index in [2.05, 4.69) is 25.8 Å². The van der Waals surface area contributed by atoms with Crippen LogP contribution in [-0.2, 0) is 13.6 Å². The molecule has 0 bridgehead atoms. The molecule has 1 aromatic carbocycles. The Balaban J connectivity index is 0.00000338. The van der Waals surface area contributed by atoms with Gasteiger partial charge in [-0.2, -0.15) is 0 Å². The van der Waals surface area contributed by atoms with Gasteiger partial charge in [0.1, 0.15) is 17.6 Å². The summed E-state index contributed by atoms with van der Waals surface area (Å²) in [6.45, 7) is 3.48. The van der Waals surface area contributed by atoms with Crippen molar-refractivity contribution in [1.29, 1.82) is 0 Å². The molecule has 2 aromatic rings. The van der Waals surface area contributed by atoms with Gasteiger partial charge in [0, 0.05) is 33.0 Å². The zero-order valence-corrected chi connectivity index (χ0v) is 18.4. The van der Waals surface area contributed by atoms with Crippen LogP contribution in [0.3, 0.4) is 0 Å². The number of nitrogens with one attached hydrogen (secondary N) is 1. The van der Waals surface area contributed by atoms with Gasteiger partial charge in [0.25, 0.3) is 0 Å². The van der Waals surface area contributed by atoms with Crippen LogP contribution in [0.5, 0.6) is 11.5 Å². The molecule has 1 unspecified atom stereocenters. The SMILES string of the molecule is CN=C(NCC(C)Oc1ccc(OC)cc1)N(C)Cc1cccn1C.I. The normalized spacial score (nSPS) is 12.1. The minimum atomic E-state index is 0. The Labute approximate surface area is 173 Å². The van der Waals surface area contributed by atoms with Gasteiger partial charge in [-0.25, -0.2) is 0 Å². The second kappa shape index (κ2) is 10.9. The molecule has 0 amide bonds. The third-order valence-electron chi connectivity index (χ3n) is 3.97. The van der Waals surface area contributed by atoms with E-state index in [0.29, 0.717) is 6.54 Å². The van der Waals surface area contributed by atoms with Crippen molar-refractivity contribution in [1.82, 2.24) is 14.8 Å². The summed E-state index contributed by atoms with van der Waals surface area (Å²) >= 11 is 0. The van der Waals surface area contributed by atoms with Crippen molar-refractivity contribution < 1.29 is 9.47 Å². The Bertz CT molecular complexity index is 685. The number of halogens is 1. The summed E-state index contributed by atoms with van der Waals surface area (Å²) in [5.41, 5.74) is 1.23. The minimum Gasteiger partial charge on any atom is -0.497 e. The molecule has 0 saturated heterocycles. The van der Waals surface area contributed by atoms with Crippen molar-refractivity contribution in [3.8, 4) is 11.5 Å². The maximum atomic E-state index is 5.92. The van der Waals surface area contributed by atoms with E-state index in [1.54, 1.807) is 14.2 Å². The van der Waals surface area contributed by atoms with Crippen LogP contribution in [0.2, 0.25) is 0 Å². The number of aryl methyl sites for hydroxylation is 1. The molecular weight excluding hydrogens is 443 g/mol. The first-order valence-corrected chi connectivity index (χ1v) is 8.36. The monoisotopic (exact) mass is 472 g/mol. The number of guanidine groups is 1.